The lowest BCUT2D eigenvalue weighted by molar-refractivity contribution is -0.140. The highest BCUT2D eigenvalue weighted by Crippen LogP contribution is 2.35. The van der Waals surface area contributed by atoms with Gasteiger partial charge in [-0.05, 0) is 30.7 Å². The second-order valence-corrected chi connectivity index (χ2v) is 6.06. The number of hydrogen-bond donors (Lipinski definition) is 2. The molecule has 0 saturated carbocycles. The maximum atomic E-state index is 13.3. The minimum absolute atomic E-state index is 0.124. The van der Waals surface area contributed by atoms with Crippen molar-refractivity contribution in [2.24, 2.45) is 5.73 Å². The number of aromatic amines is 1. The molecule has 7 nitrogen and oxygen atoms in total. The Balaban J connectivity index is 1.93. The van der Waals surface area contributed by atoms with Gasteiger partial charge in [-0.1, -0.05) is 12.1 Å². The number of aryl methyl sites for hydroxylation is 1. The summed E-state index contributed by atoms with van der Waals surface area (Å²) in [4.78, 5) is 33.0. The Morgan fingerprint density at radius 2 is 1.83 bits per heavy atom. The summed E-state index contributed by atoms with van der Waals surface area (Å²) in [5, 5.41) is 0. The van der Waals surface area contributed by atoms with Crippen molar-refractivity contribution >= 4 is 5.91 Å². The van der Waals surface area contributed by atoms with Gasteiger partial charge < -0.3 is 15.5 Å². The van der Waals surface area contributed by atoms with Crippen LogP contribution in [0.25, 0.3) is 11.1 Å². The molecule has 0 unspecified atom stereocenters. The number of amides is 1. The van der Waals surface area contributed by atoms with Gasteiger partial charge in [0, 0.05) is 18.0 Å². The molecule has 29 heavy (non-hydrogen) atoms. The summed E-state index contributed by atoms with van der Waals surface area (Å²) < 4.78 is 45.6. The monoisotopic (exact) mass is 404 g/mol. The Bertz CT molecular complexity index is 1110. The van der Waals surface area contributed by atoms with Gasteiger partial charge in [0.05, 0.1) is 11.4 Å². The molecular weight excluding hydrogens is 389 g/mol. The Morgan fingerprint density at radius 1 is 1.17 bits per heavy atom. The van der Waals surface area contributed by atoms with E-state index in [-0.39, 0.29) is 17.7 Å². The first kappa shape index (κ1) is 20.1. The Morgan fingerprint density at radius 3 is 2.41 bits per heavy atom. The zero-order valence-electron chi connectivity index (χ0n) is 15.1. The highest BCUT2D eigenvalue weighted by Gasteiger charge is 2.36. The molecule has 150 valence electrons. The second-order valence-electron chi connectivity index (χ2n) is 6.06. The number of ether oxygens (including phenoxy) is 1. The first-order chi connectivity index (χ1) is 13.7. The summed E-state index contributed by atoms with van der Waals surface area (Å²) in [6, 6.07) is 6.54. The predicted octanol–water partition coefficient (Wildman–Crippen LogP) is 2.84. The van der Waals surface area contributed by atoms with E-state index in [1.165, 1.54) is 30.5 Å². The molecule has 1 aromatic carbocycles. The number of nitrogens with zero attached hydrogens (tertiary/aromatic N) is 2. The number of H-pyrrole nitrogens is 1. The largest absolute Gasteiger partial charge is 0.487 e. The number of nitrogens with one attached hydrogen (secondary N) is 1. The van der Waals surface area contributed by atoms with E-state index in [0.29, 0.717) is 17.1 Å². The molecule has 0 atom stereocenters. The number of benzene rings is 1. The van der Waals surface area contributed by atoms with Crippen LogP contribution in [0.1, 0.15) is 27.4 Å². The van der Waals surface area contributed by atoms with Crippen LogP contribution >= 0.6 is 0 Å². The van der Waals surface area contributed by atoms with Gasteiger partial charge in [-0.2, -0.15) is 13.2 Å². The predicted molar refractivity (Wildman–Crippen MR) is 97.1 cm³/mol. The molecule has 0 saturated heterocycles. The maximum absolute atomic E-state index is 13.3. The first-order valence-electron chi connectivity index (χ1n) is 8.31. The van der Waals surface area contributed by atoms with Crippen LogP contribution in [-0.4, -0.2) is 20.9 Å². The van der Waals surface area contributed by atoms with Crippen LogP contribution in [0, 0.1) is 6.92 Å². The SMILES string of the molecule is Cc1nccnc1COc1ccc(-c2cc(C(N)=O)c(=O)[nH]c2C(F)(F)F)cc1. The van der Waals surface area contributed by atoms with Crippen molar-refractivity contribution < 1.29 is 22.7 Å². The van der Waals surface area contributed by atoms with E-state index in [4.69, 9.17) is 10.5 Å². The van der Waals surface area contributed by atoms with E-state index < -0.39 is 28.9 Å². The second kappa shape index (κ2) is 7.74. The Hall–Kier alpha value is -3.69. The zero-order chi connectivity index (χ0) is 21.2. The van der Waals surface area contributed by atoms with Crippen LogP contribution < -0.4 is 16.0 Å². The van der Waals surface area contributed by atoms with Crippen LogP contribution in [0.4, 0.5) is 13.2 Å². The number of nitrogens with two attached hydrogens (primary N) is 1. The maximum Gasteiger partial charge on any atom is 0.431 e. The number of pyridine rings is 1. The molecule has 3 N–H and O–H groups in total. The summed E-state index contributed by atoms with van der Waals surface area (Å²) in [6.07, 6.45) is -1.75. The highest BCUT2D eigenvalue weighted by atomic mass is 19.4. The lowest BCUT2D eigenvalue weighted by Crippen LogP contribution is -2.27. The molecule has 0 aliphatic carbocycles. The van der Waals surface area contributed by atoms with E-state index in [1.807, 2.05) is 0 Å². The van der Waals surface area contributed by atoms with Gasteiger partial charge in [0.2, 0.25) is 0 Å². The smallest absolute Gasteiger partial charge is 0.431 e. The minimum atomic E-state index is -4.83. The van der Waals surface area contributed by atoms with E-state index in [0.717, 1.165) is 6.07 Å². The van der Waals surface area contributed by atoms with Gasteiger partial charge in [-0.25, -0.2) is 0 Å². The average Bonchev–Trinajstić information content (AvgIpc) is 2.67. The van der Waals surface area contributed by atoms with Crippen molar-refractivity contribution in [3.05, 3.63) is 75.7 Å². The minimum Gasteiger partial charge on any atom is -0.487 e. The van der Waals surface area contributed by atoms with Crippen molar-refractivity contribution in [3.8, 4) is 16.9 Å². The average molecular weight is 404 g/mol. The fraction of sp³-hybridized carbons (Fsp3) is 0.158. The van der Waals surface area contributed by atoms with Crippen molar-refractivity contribution in [2.45, 2.75) is 19.7 Å². The summed E-state index contributed by atoms with van der Waals surface area (Å²) in [5.41, 5.74) is 3.13. The van der Waals surface area contributed by atoms with Gasteiger partial charge in [-0.15, -0.1) is 0 Å². The van der Waals surface area contributed by atoms with Gasteiger partial charge in [0.25, 0.3) is 11.5 Å². The van der Waals surface area contributed by atoms with Crippen molar-refractivity contribution in [2.75, 3.05) is 0 Å². The molecular formula is C19H15F3N4O3. The summed E-state index contributed by atoms with van der Waals surface area (Å²) in [7, 11) is 0. The molecule has 0 aliphatic heterocycles. The molecule has 0 aliphatic rings. The molecule has 10 heteroatoms. The third-order valence-electron chi connectivity index (χ3n) is 4.11. The molecule has 0 radical (unpaired) electrons. The third-order valence-corrected chi connectivity index (χ3v) is 4.11. The van der Waals surface area contributed by atoms with E-state index in [9.17, 15) is 22.8 Å². The Labute approximate surface area is 162 Å². The molecule has 2 heterocycles. The molecule has 1 amide bonds. The lowest BCUT2D eigenvalue weighted by atomic mass is 10.0. The zero-order valence-corrected chi connectivity index (χ0v) is 15.1. The number of alkyl halides is 3. The number of carbonyl (C=O) groups excluding carboxylic acids is 1. The summed E-state index contributed by atoms with van der Waals surface area (Å²) in [6.45, 7) is 1.91. The number of hydrogen-bond acceptors (Lipinski definition) is 5. The number of carbonyl (C=O) groups is 1. The van der Waals surface area contributed by atoms with Gasteiger partial charge in [0.1, 0.15) is 23.6 Å². The fourth-order valence-corrected chi connectivity index (χ4v) is 2.63. The van der Waals surface area contributed by atoms with Crippen LogP contribution in [0.3, 0.4) is 0 Å². The third kappa shape index (κ3) is 4.42. The molecule has 3 aromatic rings. The molecule has 0 spiro atoms. The Kier molecular flexibility index (Phi) is 5.35. The topological polar surface area (TPSA) is 111 Å². The van der Waals surface area contributed by atoms with Gasteiger partial charge in [-0.3, -0.25) is 19.6 Å². The first-order valence-corrected chi connectivity index (χ1v) is 8.31. The standard InChI is InChI=1S/C19H15F3N4O3/c1-10-15(25-7-6-24-10)9-29-12-4-2-11(3-5-12)13-8-14(17(23)27)18(28)26-16(13)19(20,21)22/h2-8H,9H2,1H3,(H2,23,27)(H,26,28). The van der Waals surface area contributed by atoms with Crippen LogP contribution in [0.15, 0.2) is 47.5 Å². The molecule has 0 bridgehead atoms. The van der Waals surface area contributed by atoms with Crippen molar-refractivity contribution in [1.82, 2.24) is 15.0 Å². The van der Waals surface area contributed by atoms with E-state index in [2.05, 4.69) is 9.97 Å². The number of aromatic nitrogens is 3. The molecule has 3 rings (SSSR count). The van der Waals surface area contributed by atoms with Gasteiger partial charge in [0.15, 0.2) is 0 Å². The van der Waals surface area contributed by atoms with Crippen LogP contribution in [0.5, 0.6) is 5.75 Å². The molecule has 0 fully saturated rings. The normalized spacial score (nSPS) is 11.3. The van der Waals surface area contributed by atoms with Gasteiger partial charge >= 0.3 is 6.18 Å². The van der Waals surface area contributed by atoms with E-state index >= 15 is 0 Å². The number of primary amides is 1. The molecule has 2 aromatic heterocycles. The van der Waals surface area contributed by atoms with Crippen molar-refractivity contribution in [1.29, 1.82) is 0 Å². The highest BCUT2D eigenvalue weighted by molar-refractivity contribution is 5.94. The summed E-state index contributed by atoms with van der Waals surface area (Å²) in [5.74, 6) is -0.729. The number of halogens is 3. The quantitative estimate of drug-likeness (QED) is 0.679. The van der Waals surface area contributed by atoms with E-state index in [1.54, 1.807) is 18.1 Å². The van der Waals surface area contributed by atoms with Crippen LogP contribution in [-0.2, 0) is 12.8 Å². The summed E-state index contributed by atoms with van der Waals surface area (Å²) >= 11 is 0. The van der Waals surface area contributed by atoms with Crippen LogP contribution in [0.2, 0.25) is 0 Å². The number of rotatable bonds is 5. The fourth-order valence-electron chi connectivity index (χ4n) is 2.63. The lowest BCUT2D eigenvalue weighted by Gasteiger charge is -2.14. The van der Waals surface area contributed by atoms with Crippen molar-refractivity contribution in [3.63, 3.8) is 0 Å².